The van der Waals surface area contributed by atoms with Crippen molar-refractivity contribution in [2.24, 2.45) is 0 Å². The normalized spacial score (nSPS) is 11.0. The number of anilines is 1. The molecule has 2 aromatic carbocycles. The zero-order valence-electron chi connectivity index (χ0n) is 16.3. The molecular formula is C20H22BrNO6. The molecule has 0 aliphatic carbocycles. The van der Waals surface area contributed by atoms with Crippen LogP contribution in [0.4, 0.5) is 5.69 Å². The summed E-state index contributed by atoms with van der Waals surface area (Å²) in [6.45, 7) is 0. The van der Waals surface area contributed by atoms with E-state index in [4.69, 9.17) is 29.4 Å². The highest BCUT2D eigenvalue weighted by Gasteiger charge is 2.22. The Morgan fingerprint density at radius 3 is 2.00 bits per heavy atom. The molecule has 0 saturated carbocycles. The van der Waals surface area contributed by atoms with E-state index >= 15 is 0 Å². The first-order chi connectivity index (χ1) is 13.4. The zero-order chi connectivity index (χ0) is 20.8. The molecule has 8 heteroatoms. The number of ketones is 1. The summed E-state index contributed by atoms with van der Waals surface area (Å²) in [7, 11) is 7.50. The predicted octanol–water partition coefficient (Wildman–Crippen LogP) is 3.93. The second kappa shape index (κ2) is 9.36. The van der Waals surface area contributed by atoms with Crippen LogP contribution in [0.15, 0.2) is 28.7 Å². The fraction of sp³-hybridized carbons (Fsp3) is 0.250. The van der Waals surface area contributed by atoms with Gasteiger partial charge in [0.05, 0.1) is 45.7 Å². The lowest BCUT2D eigenvalue weighted by Crippen LogP contribution is -2.02. The van der Waals surface area contributed by atoms with Crippen molar-refractivity contribution in [1.29, 1.82) is 0 Å². The van der Waals surface area contributed by atoms with E-state index in [9.17, 15) is 4.79 Å². The van der Waals surface area contributed by atoms with Gasteiger partial charge in [-0.2, -0.15) is 0 Å². The van der Waals surface area contributed by atoms with Crippen molar-refractivity contribution in [1.82, 2.24) is 0 Å². The van der Waals surface area contributed by atoms with E-state index in [0.29, 0.717) is 50.0 Å². The van der Waals surface area contributed by atoms with E-state index in [1.54, 1.807) is 30.3 Å². The minimum Gasteiger partial charge on any atom is -0.495 e. The van der Waals surface area contributed by atoms with Gasteiger partial charge >= 0.3 is 0 Å². The predicted molar refractivity (Wildman–Crippen MR) is 111 cm³/mol. The number of nitrogen functional groups attached to an aromatic ring is 1. The molecule has 2 aromatic rings. The van der Waals surface area contributed by atoms with Crippen LogP contribution in [0.1, 0.15) is 15.9 Å². The minimum absolute atomic E-state index is 0.255. The topological polar surface area (TPSA) is 89.2 Å². The maximum atomic E-state index is 12.8. The third-order valence-corrected chi connectivity index (χ3v) is 4.60. The van der Waals surface area contributed by atoms with Gasteiger partial charge < -0.3 is 29.4 Å². The summed E-state index contributed by atoms with van der Waals surface area (Å²) in [5, 5.41) is 0. The van der Waals surface area contributed by atoms with E-state index in [1.165, 1.54) is 35.5 Å². The molecule has 0 spiro atoms. The summed E-state index contributed by atoms with van der Waals surface area (Å²) in [6, 6.07) is 6.52. The Hall–Kier alpha value is -2.87. The molecule has 28 heavy (non-hydrogen) atoms. The van der Waals surface area contributed by atoms with Gasteiger partial charge in [0, 0.05) is 11.1 Å². The van der Waals surface area contributed by atoms with Gasteiger partial charge in [-0.3, -0.25) is 4.79 Å². The van der Waals surface area contributed by atoms with Crippen molar-refractivity contribution in [3.8, 4) is 28.7 Å². The molecule has 0 unspecified atom stereocenters. The standard InChI is InChI=1S/C20H22BrNO6/c1-24-15-9-11(6-7-14(15)22)17(23)13(21)8-12-10-16(25-2)19(27-4)20(28-5)18(12)26-3/h6-10H,22H2,1-5H3/b13-8+. The highest BCUT2D eigenvalue weighted by atomic mass is 79.9. The molecule has 2 rings (SSSR count). The van der Waals surface area contributed by atoms with Gasteiger partial charge in [-0.15, -0.1) is 0 Å². The average molecular weight is 452 g/mol. The number of hydrogen-bond donors (Lipinski definition) is 1. The Kier molecular flexibility index (Phi) is 7.17. The molecule has 0 aromatic heterocycles. The highest BCUT2D eigenvalue weighted by molar-refractivity contribution is 9.12. The summed E-state index contributed by atoms with van der Waals surface area (Å²) in [5.74, 6) is 1.76. The molecular weight excluding hydrogens is 430 g/mol. The summed E-state index contributed by atoms with van der Waals surface area (Å²) < 4.78 is 27.1. The quantitative estimate of drug-likeness (QED) is 0.369. The third-order valence-electron chi connectivity index (χ3n) is 4.01. The van der Waals surface area contributed by atoms with Crippen LogP contribution in [-0.4, -0.2) is 41.3 Å². The van der Waals surface area contributed by atoms with Gasteiger partial charge in [0.15, 0.2) is 17.3 Å². The average Bonchev–Trinajstić information content (AvgIpc) is 2.72. The first-order valence-electron chi connectivity index (χ1n) is 8.14. The summed E-state index contributed by atoms with van der Waals surface area (Å²) in [4.78, 5) is 12.8. The Labute approximate surface area is 172 Å². The van der Waals surface area contributed by atoms with Crippen LogP contribution in [0.5, 0.6) is 28.7 Å². The van der Waals surface area contributed by atoms with Gasteiger partial charge in [-0.1, -0.05) is 0 Å². The highest BCUT2D eigenvalue weighted by Crippen LogP contribution is 2.47. The number of methoxy groups -OCH3 is 5. The van der Waals surface area contributed by atoms with E-state index < -0.39 is 0 Å². The van der Waals surface area contributed by atoms with Gasteiger partial charge in [0.2, 0.25) is 11.5 Å². The van der Waals surface area contributed by atoms with Gasteiger partial charge in [-0.25, -0.2) is 0 Å². The van der Waals surface area contributed by atoms with Gasteiger partial charge in [-0.05, 0) is 46.3 Å². The van der Waals surface area contributed by atoms with Gasteiger partial charge in [0.1, 0.15) is 5.75 Å². The lowest BCUT2D eigenvalue weighted by Gasteiger charge is -2.17. The molecule has 7 nitrogen and oxygen atoms in total. The number of carbonyl (C=O) groups is 1. The van der Waals surface area contributed by atoms with Gasteiger partial charge in [0.25, 0.3) is 0 Å². The molecule has 150 valence electrons. The number of ether oxygens (including phenoxy) is 5. The number of Topliss-reactive ketones (excluding diaryl/α,β-unsaturated/α-hetero) is 1. The summed E-state index contributed by atoms with van der Waals surface area (Å²) in [6.07, 6.45) is 1.62. The van der Waals surface area contributed by atoms with Crippen LogP contribution in [0, 0.1) is 0 Å². The summed E-state index contributed by atoms with van der Waals surface area (Å²) >= 11 is 3.34. The van der Waals surface area contributed by atoms with Crippen LogP contribution in [0.25, 0.3) is 6.08 Å². The van der Waals surface area contributed by atoms with E-state index in [-0.39, 0.29) is 5.78 Å². The SMILES string of the molecule is COc1cc(C(=O)/C(Br)=C\c2cc(OC)c(OC)c(OC)c2OC)ccc1N. The fourth-order valence-corrected chi connectivity index (χ4v) is 3.13. The minimum atomic E-state index is -0.255. The lowest BCUT2D eigenvalue weighted by molar-refractivity contribution is 0.104. The van der Waals surface area contributed by atoms with Crippen molar-refractivity contribution in [3.05, 3.63) is 39.9 Å². The van der Waals surface area contributed by atoms with Crippen LogP contribution in [0.2, 0.25) is 0 Å². The van der Waals surface area contributed by atoms with Crippen LogP contribution >= 0.6 is 15.9 Å². The molecule has 0 atom stereocenters. The molecule has 0 bridgehead atoms. The zero-order valence-corrected chi connectivity index (χ0v) is 17.9. The second-order valence-corrected chi connectivity index (χ2v) is 6.40. The molecule has 0 amide bonds. The van der Waals surface area contributed by atoms with Crippen molar-refractivity contribution in [2.75, 3.05) is 41.3 Å². The Balaban J connectivity index is 2.55. The lowest BCUT2D eigenvalue weighted by atomic mass is 10.1. The van der Waals surface area contributed by atoms with E-state index in [2.05, 4.69) is 15.9 Å². The molecule has 0 radical (unpaired) electrons. The molecule has 0 aliphatic rings. The number of halogens is 1. The molecule has 0 fully saturated rings. The number of hydrogen-bond acceptors (Lipinski definition) is 7. The molecule has 0 aliphatic heterocycles. The number of nitrogens with two attached hydrogens (primary N) is 1. The van der Waals surface area contributed by atoms with Crippen molar-refractivity contribution >= 4 is 33.5 Å². The maximum absolute atomic E-state index is 12.8. The monoisotopic (exact) mass is 451 g/mol. The molecule has 2 N–H and O–H groups in total. The van der Waals surface area contributed by atoms with Crippen LogP contribution in [-0.2, 0) is 0 Å². The smallest absolute Gasteiger partial charge is 0.207 e. The number of carbonyl (C=O) groups excluding carboxylic acids is 1. The second-order valence-electron chi connectivity index (χ2n) is 5.55. The van der Waals surface area contributed by atoms with Crippen molar-refractivity contribution in [2.45, 2.75) is 0 Å². The molecule has 0 heterocycles. The largest absolute Gasteiger partial charge is 0.495 e. The summed E-state index contributed by atoms with van der Waals surface area (Å²) in [5.41, 5.74) is 7.25. The van der Waals surface area contributed by atoms with Crippen LogP contribution < -0.4 is 29.4 Å². The maximum Gasteiger partial charge on any atom is 0.207 e. The number of benzene rings is 2. The first-order valence-corrected chi connectivity index (χ1v) is 8.93. The van der Waals surface area contributed by atoms with Crippen molar-refractivity contribution in [3.63, 3.8) is 0 Å². The Morgan fingerprint density at radius 2 is 1.46 bits per heavy atom. The number of rotatable bonds is 8. The fourth-order valence-electron chi connectivity index (χ4n) is 2.66. The third kappa shape index (κ3) is 4.17. The van der Waals surface area contributed by atoms with E-state index in [1.807, 2.05) is 0 Å². The first kappa shape index (κ1) is 21.4. The number of allylic oxidation sites excluding steroid dienone is 1. The van der Waals surface area contributed by atoms with Crippen LogP contribution in [0.3, 0.4) is 0 Å². The Bertz CT molecular complexity index is 910. The van der Waals surface area contributed by atoms with E-state index in [0.717, 1.165) is 0 Å². The Morgan fingerprint density at radius 1 is 0.857 bits per heavy atom. The molecule has 0 saturated heterocycles. The van der Waals surface area contributed by atoms with Crippen molar-refractivity contribution < 1.29 is 28.5 Å².